The molecule has 0 spiro atoms. The lowest BCUT2D eigenvalue weighted by molar-refractivity contribution is -0.176. The van der Waals surface area contributed by atoms with Crippen LogP contribution in [0.25, 0.3) is 0 Å². The summed E-state index contributed by atoms with van der Waals surface area (Å²) >= 11 is 3.26. The van der Waals surface area contributed by atoms with Gasteiger partial charge in [0.2, 0.25) is 0 Å². The molecule has 2 aromatic rings. The van der Waals surface area contributed by atoms with E-state index in [-0.39, 0.29) is 43.2 Å². The van der Waals surface area contributed by atoms with E-state index in [4.69, 9.17) is 4.74 Å². The minimum atomic E-state index is -4.73. The monoisotopic (exact) mass is 577 g/mol. The van der Waals surface area contributed by atoms with E-state index in [0.717, 1.165) is 22.5 Å². The maximum atomic E-state index is 13.5. The second kappa shape index (κ2) is 8.70. The molecular formula is C22H19BrF3NO7S. The largest absolute Gasteiger partial charge is 0.486 e. The first-order chi connectivity index (χ1) is 16.2. The molecule has 0 saturated heterocycles. The van der Waals surface area contributed by atoms with Crippen molar-refractivity contribution in [1.29, 1.82) is 0 Å². The Bertz CT molecular complexity index is 1280. The molecule has 1 aliphatic carbocycles. The van der Waals surface area contributed by atoms with Gasteiger partial charge in [-0.2, -0.15) is 13.2 Å². The van der Waals surface area contributed by atoms with Crippen molar-refractivity contribution in [3.05, 3.63) is 52.5 Å². The van der Waals surface area contributed by atoms with E-state index in [1.807, 2.05) is 0 Å². The van der Waals surface area contributed by atoms with E-state index >= 15 is 0 Å². The van der Waals surface area contributed by atoms with Gasteiger partial charge in [0.1, 0.15) is 11.9 Å². The number of rotatable bonds is 6. The fourth-order valence-corrected chi connectivity index (χ4v) is 6.39. The summed E-state index contributed by atoms with van der Waals surface area (Å²) < 4.78 is 73.9. The normalized spacial score (nSPS) is 19.9. The lowest BCUT2D eigenvalue weighted by Gasteiger charge is -2.44. The van der Waals surface area contributed by atoms with Crippen LogP contribution in [0.2, 0.25) is 0 Å². The minimum Gasteiger partial charge on any atom is -0.486 e. The summed E-state index contributed by atoms with van der Waals surface area (Å²) in [7, 11) is -4.44. The van der Waals surface area contributed by atoms with Crippen molar-refractivity contribution in [3.8, 4) is 5.75 Å². The molecule has 35 heavy (non-hydrogen) atoms. The van der Waals surface area contributed by atoms with Gasteiger partial charge in [0.25, 0.3) is 10.0 Å². The van der Waals surface area contributed by atoms with Crippen LogP contribution in [-0.2, 0) is 25.8 Å². The van der Waals surface area contributed by atoms with Crippen LogP contribution in [0.3, 0.4) is 0 Å². The quantitative estimate of drug-likeness (QED) is 0.488. The van der Waals surface area contributed by atoms with Crippen molar-refractivity contribution >= 4 is 43.6 Å². The molecule has 0 amide bonds. The van der Waals surface area contributed by atoms with Crippen LogP contribution >= 0.6 is 15.9 Å². The Kier molecular flexibility index (Phi) is 6.29. The number of nitrogens with zero attached hydrogens (tertiary/aromatic N) is 1. The Morgan fingerprint density at radius 2 is 1.77 bits per heavy atom. The van der Waals surface area contributed by atoms with Crippen molar-refractivity contribution in [3.63, 3.8) is 0 Å². The molecule has 8 nitrogen and oxygen atoms in total. The first kappa shape index (κ1) is 25.3. The zero-order valence-corrected chi connectivity index (χ0v) is 20.2. The third-order valence-electron chi connectivity index (χ3n) is 6.29. The number of benzene rings is 2. The average Bonchev–Trinajstić information content (AvgIpc) is 2.74. The van der Waals surface area contributed by atoms with Gasteiger partial charge >= 0.3 is 18.1 Å². The molecule has 188 valence electrons. The van der Waals surface area contributed by atoms with Gasteiger partial charge in [-0.15, -0.1) is 0 Å². The molecule has 13 heteroatoms. The summed E-state index contributed by atoms with van der Waals surface area (Å²) in [6.07, 6.45) is -5.59. The molecule has 0 aromatic heterocycles. The summed E-state index contributed by atoms with van der Waals surface area (Å²) in [6.45, 7) is -0.244. The molecule has 2 N–H and O–H groups in total. The Hall–Kier alpha value is -2.80. The van der Waals surface area contributed by atoms with Gasteiger partial charge < -0.3 is 14.9 Å². The Labute approximate surface area is 206 Å². The predicted molar refractivity (Wildman–Crippen MR) is 120 cm³/mol. The number of alkyl halides is 3. The smallest absolute Gasteiger partial charge is 0.416 e. The highest BCUT2D eigenvalue weighted by atomic mass is 79.9. The Morgan fingerprint density at radius 3 is 2.37 bits per heavy atom. The fraction of sp³-hybridized carbons (Fsp3) is 0.364. The van der Waals surface area contributed by atoms with Crippen LogP contribution in [0, 0.1) is 11.3 Å². The Balaban J connectivity index is 1.64. The van der Waals surface area contributed by atoms with Crippen LogP contribution in [0.15, 0.2) is 51.8 Å². The van der Waals surface area contributed by atoms with Crippen LogP contribution in [0.1, 0.15) is 24.8 Å². The molecule has 1 fully saturated rings. The number of anilines is 1. The van der Waals surface area contributed by atoms with Gasteiger partial charge in [0.15, 0.2) is 5.41 Å². The summed E-state index contributed by atoms with van der Waals surface area (Å²) in [6, 6.07) is 8.03. The highest BCUT2D eigenvalue weighted by molar-refractivity contribution is 9.10. The van der Waals surface area contributed by atoms with E-state index in [1.165, 1.54) is 12.1 Å². The molecular weight excluding hydrogens is 559 g/mol. The van der Waals surface area contributed by atoms with Crippen LogP contribution in [-0.4, -0.2) is 43.2 Å². The number of hydrogen-bond donors (Lipinski definition) is 2. The van der Waals surface area contributed by atoms with E-state index < -0.39 is 50.1 Å². The molecule has 0 radical (unpaired) electrons. The van der Waals surface area contributed by atoms with E-state index in [1.54, 1.807) is 6.07 Å². The van der Waals surface area contributed by atoms with E-state index in [0.29, 0.717) is 10.5 Å². The number of carboxylic acids is 2. The highest BCUT2D eigenvalue weighted by Crippen LogP contribution is 2.49. The predicted octanol–water partition coefficient (Wildman–Crippen LogP) is 4.38. The molecule has 0 unspecified atom stereocenters. The lowest BCUT2D eigenvalue weighted by atomic mass is 9.60. The Morgan fingerprint density at radius 1 is 1.11 bits per heavy atom. The number of hydrogen-bond acceptors (Lipinski definition) is 5. The lowest BCUT2D eigenvalue weighted by Crippen LogP contribution is -2.52. The zero-order valence-electron chi connectivity index (χ0n) is 17.8. The van der Waals surface area contributed by atoms with Crippen molar-refractivity contribution in [2.75, 3.05) is 10.8 Å². The second-order valence-corrected chi connectivity index (χ2v) is 11.4. The summed E-state index contributed by atoms with van der Waals surface area (Å²) in [5.74, 6) is -3.03. The molecule has 4 rings (SSSR count). The molecule has 2 aromatic carbocycles. The van der Waals surface area contributed by atoms with Crippen molar-refractivity contribution in [2.45, 2.75) is 36.4 Å². The molecule has 2 aliphatic rings. The average molecular weight is 578 g/mol. The number of sulfonamides is 1. The molecule has 1 aliphatic heterocycles. The van der Waals surface area contributed by atoms with Crippen molar-refractivity contribution in [2.24, 2.45) is 11.3 Å². The summed E-state index contributed by atoms with van der Waals surface area (Å²) in [4.78, 5) is 22.3. The number of carbonyl (C=O) groups is 2. The summed E-state index contributed by atoms with van der Waals surface area (Å²) in [5.41, 5.74) is -2.86. The van der Waals surface area contributed by atoms with Crippen molar-refractivity contribution < 1.29 is 46.1 Å². The number of halogens is 4. The molecule has 1 atom stereocenters. The topological polar surface area (TPSA) is 121 Å². The summed E-state index contributed by atoms with van der Waals surface area (Å²) in [5, 5.41) is 18.6. The number of ether oxygens (including phenoxy) is 1. The van der Waals surface area contributed by atoms with Crippen LogP contribution in [0.4, 0.5) is 18.9 Å². The maximum Gasteiger partial charge on any atom is 0.416 e. The van der Waals surface area contributed by atoms with Gasteiger partial charge in [-0.1, -0.05) is 22.0 Å². The van der Waals surface area contributed by atoms with Crippen LogP contribution in [0.5, 0.6) is 5.75 Å². The van der Waals surface area contributed by atoms with E-state index in [2.05, 4.69) is 15.9 Å². The third-order valence-corrected chi connectivity index (χ3v) is 8.56. The first-order valence-corrected chi connectivity index (χ1v) is 12.6. The number of carboxylic acid groups (broad SMARTS) is 2. The van der Waals surface area contributed by atoms with Gasteiger partial charge in [-0.05, 0) is 61.6 Å². The fourth-order valence-electron chi connectivity index (χ4n) is 4.50. The SMILES string of the molecule is O=C(O)C1(C(=O)O)CC(C[C@H]2CN(S(=O)(=O)c3cccc(C(F)(F)F)c3)c3cc(Br)ccc3O2)C1. The minimum absolute atomic E-state index is 0.132. The van der Waals surface area contributed by atoms with Gasteiger partial charge in [0.05, 0.1) is 22.7 Å². The van der Waals surface area contributed by atoms with Crippen molar-refractivity contribution in [1.82, 2.24) is 0 Å². The molecule has 1 heterocycles. The second-order valence-electron chi connectivity index (χ2n) is 8.62. The van der Waals surface area contributed by atoms with Gasteiger partial charge in [-0.25, -0.2) is 8.42 Å². The zero-order chi connectivity index (χ0) is 25.8. The maximum absolute atomic E-state index is 13.5. The molecule has 1 saturated carbocycles. The number of aliphatic carboxylic acids is 2. The number of fused-ring (bicyclic) bond motifs is 1. The van der Waals surface area contributed by atoms with Crippen LogP contribution < -0.4 is 9.04 Å². The molecule has 0 bridgehead atoms. The first-order valence-electron chi connectivity index (χ1n) is 10.4. The van der Waals surface area contributed by atoms with E-state index in [9.17, 15) is 41.4 Å². The highest BCUT2D eigenvalue weighted by Gasteiger charge is 2.57. The third kappa shape index (κ3) is 4.58. The standard InChI is InChI=1S/C22H19BrF3NO7S/c23-14-4-5-18-17(8-14)27(35(32,33)16-3-1-2-13(7-16)22(24,25)26)11-15(34-18)6-12-9-21(10-12,19(28)29)20(30)31/h1-5,7-8,12,15H,6,9-11H2,(H,28,29)(H,30,31)/t15-/m0/s1. The van der Waals surface area contributed by atoms with Gasteiger partial charge in [-0.3, -0.25) is 13.9 Å². The van der Waals surface area contributed by atoms with Gasteiger partial charge in [0, 0.05) is 4.47 Å².